The molecule has 0 fully saturated rings. The van der Waals surface area contributed by atoms with Gasteiger partial charge in [-0.2, -0.15) is 0 Å². The lowest BCUT2D eigenvalue weighted by Crippen LogP contribution is -2.27. The second kappa shape index (κ2) is 7.65. The Morgan fingerprint density at radius 2 is 1.85 bits per heavy atom. The van der Waals surface area contributed by atoms with Crippen LogP contribution in [0.15, 0.2) is 38.3 Å². The molecule has 2 aliphatic rings. The van der Waals surface area contributed by atoms with Crippen molar-refractivity contribution in [3.05, 3.63) is 61.0 Å². The summed E-state index contributed by atoms with van der Waals surface area (Å²) in [6, 6.07) is 6.62. The Morgan fingerprint density at radius 3 is 2.48 bits per heavy atom. The normalized spacial score (nSPS) is 11.1. The number of hydrogen-bond acceptors (Lipinski definition) is 6. The summed E-state index contributed by atoms with van der Waals surface area (Å²) in [6.07, 6.45) is 2.01. The van der Waals surface area contributed by atoms with Crippen LogP contribution in [0, 0.1) is 10.8 Å². The van der Waals surface area contributed by atoms with E-state index < -0.39 is 16.8 Å². The number of carbonyl (C=O) groups excluding carboxylic acids is 1. The third-order valence-electron chi connectivity index (χ3n) is 4.40. The van der Waals surface area contributed by atoms with Crippen LogP contribution in [0.4, 0.5) is 5.69 Å². The number of H-pyrrole nitrogens is 1. The van der Waals surface area contributed by atoms with Crippen molar-refractivity contribution in [2.45, 2.75) is 26.7 Å². The van der Waals surface area contributed by atoms with Crippen LogP contribution in [-0.2, 0) is 4.74 Å². The van der Waals surface area contributed by atoms with Crippen LogP contribution in [0.2, 0.25) is 0 Å². The molecule has 0 atom stereocenters. The topological polar surface area (TPSA) is 92.6 Å². The third-order valence-corrected chi connectivity index (χ3v) is 4.40. The van der Waals surface area contributed by atoms with Gasteiger partial charge in [0.15, 0.2) is 5.58 Å². The largest absolute Gasteiger partial charge is 0.465 e. The molecule has 0 saturated carbocycles. The number of aromatic nitrogens is 1. The van der Waals surface area contributed by atoms with Gasteiger partial charge in [-0.25, -0.2) is 4.79 Å². The number of hydrogen-bond donors (Lipinski definition) is 1. The molecule has 0 bridgehead atoms. The monoisotopic (exact) mass is 370 g/mol. The molecular formula is C20H22N2O5. The minimum atomic E-state index is -0.811. The highest BCUT2D eigenvalue weighted by Crippen LogP contribution is 2.22. The van der Waals surface area contributed by atoms with Gasteiger partial charge in [0.1, 0.15) is 5.35 Å². The van der Waals surface area contributed by atoms with Crippen LogP contribution >= 0.6 is 0 Å². The highest BCUT2D eigenvalue weighted by atomic mass is 16.5. The number of rotatable bonds is 6. The van der Waals surface area contributed by atoms with Gasteiger partial charge in [-0.3, -0.25) is 9.59 Å². The van der Waals surface area contributed by atoms with Crippen LogP contribution in [-0.4, -0.2) is 31.2 Å². The number of nitrogens with one attached hydrogen (secondary N) is 1. The molecule has 3 rings (SSSR count). The molecule has 142 valence electrons. The molecule has 1 heterocycles. The summed E-state index contributed by atoms with van der Waals surface area (Å²) < 4.78 is 10.5. The van der Waals surface area contributed by atoms with Crippen molar-refractivity contribution in [2.75, 3.05) is 25.1 Å². The second-order valence-electron chi connectivity index (χ2n) is 6.34. The zero-order valence-corrected chi connectivity index (χ0v) is 15.6. The molecule has 0 aromatic heterocycles. The molecule has 1 aliphatic heterocycles. The summed E-state index contributed by atoms with van der Waals surface area (Å²) in [4.78, 5) is 41.5. The quantitative estimate of drug-likeness (QED) is 0.530. The van der Waals surface area contributed by atoms with Crippen LogP contribution < -0.4 is 15.8 Å². The van der Waals surface area contributed by atoms with E-state index >= 15 is 0 Å². The van der Waals surface area contributed by atoms with Gasteiger partial charge in [0.05, 0.1) is 18.2 Å². The van der Waals surface area contributed by atoms with Crippen molar-refractivity contribution < 1.29 is 13.9 Å². The van der Waals surface area contributed by atoms with E-state index in [2.05, 4.69) is 23.7 Å². The van der Waals surface area contributed by atoms with Crippen LogP contribution in [0.1, 0.15) is 37.0 Å². The maximum absolute atomic E-state index is 12.3. The van der Waals surface area contributed by atoms with Gasteiger partial charge in [-0.15, -0.1) is 0 Å². The minimum absolute atomic E-state index is 0.0228. The van der Waals surface area contributed by atoms with E-state index in [-0.39, 0.29) is 16.3 Å². The molecule has 1 N–H and O–H groups in total. The predicted octanol–water partition coefficient (Wildman–Crippen LogP) is 2.62. The number of anilines is 1. The summed E-state index contributed by atoms with van der Waals surface area (Å²) in [6.45, 7) is 6.04. The first-order valence-electron chi connectivity index (χ1n) is 8.97. The van der Waals surface area contributed by atoms with E-state index in [0.717, 1.165) is 37.7 Å². The van der Waals surface area contributed by atoms with Gasteiger partial charge in [-0.1, -0.05) is 13.8 Å². The Balaban J connectivity index is 2.30. The van der Waals surface area contributed by atoms with Crippen LogP contribution in [0.25, 0.3) is 11.1 Å². The number of methoxy groups -OCH3 is 1. The number of ether oxygens (including phenoxy) is 1. The van der Waals surface area contributed by atoms with Gasteiger partial charge in [0, 0.05) is 30.9 Å². The third kappa shape index (κ3) is 3.45. The summed E-state index contributed by atoms with van der Waals surface area (Å²) in [5.74, 6) is -0.711. The maximum atomic E-state index is 12.3. The van der Waals surface area contributed by atoms with E-state index in [1.807, 2.05) is 18.2 Å². The lowest BCUT2D eigenvalue weighted by Gasteiger charge is -2.23. The first-order chi connectivity index (χ1) is 13.0. The zero-order valence-electron chi connectivity index (χ0n) is 15.6. The molecular weight excluding hydrogens is 348 g/mol. The van der Waals surface area contributed by atoms with E-state index in [0.29, 0.717) is 11.1 Å². The number of fused-ring (bicyclic) bond motifs is 1. The van der Waals surface area contributed by atoms with Crippen molar-refractivity contribution in [1.29, 1.82) is 0 Å². The van der Waals surface area contributed by atoms with Gasteiger partial charge in [-0.05, 0) is 25.0 Å². The fourth-order valence-electron chi connectivity index (χ4n) is 3.16. The van der Waals surface area contributed by atoms with E-state index in [1.165, 1.54) is 7.11 Å². The second-order valence-corrected chi connectivity index (χ2v) is 6.34. The molecule has 1 aromatic rings. The number of benzene rings is 1. The highest BCUT2D eigenvalue weighted by molar-refractivity contribution is 5.89. The molecule has 0 unspecified atom stereocenters. The average Bonchev–Trinajstić information content (AvgIpc) is 2.68. The number of aromatic amines is 1. The molecule has 7 nitrogen and oxygen atoms in total. The van der Waals surface area contributed by atoms with Crippen molar-refractivity contribution in [1.82, 2.24) is 4.98 Å². The summed E-state index contributed by atoms with van der Waals surface area (Å²) in [5, 5.41) is 0.158. The van der Waals surface area contributed by atoms with Gasteiger partial charge in [0.2, 0.25) is 10.8 Å². The molecule has 7 heteroatoms. The van der Waals surface area contributed by atoms with E-state index in [4.69, 9.17) is 9.15 Å². The molecule has 27 heavy (non-hydrogen) atoms. The SMILES string of the molecule is CCCN(CCC)c1ccc2[nH]c3c(C(=O)OC)cc(=O)c(=O)c=3oc2c1. The van der Waals surface area contributed by atoms with E-state index in [9.17, 15) is 14.4 Å². The van der Waals surface area contributed by atoms with Gasteiger partial charge >= 0.3 is 5.97 Å². The number of esters is 1. The minimum Gasteiger partial charge on any atom is -0.465 e. The first kappa shape index (κ1) is 18.7. The Labute approximate surface area is 155 Å². The van der Waals surface area contributed by atoms with Crippen molar-refractivity contribution in [3.63, 3.8) is 0 Å². The van der Waals surface area contributed by atoms with Gasteiger partial charge < -0.3 is 19.0 Å². The van der Waals surface area contributed by atoms with Crippen LogP contribution in [0.5, 0.6) is 0 Å². The Morgan fingerprint density at radius 1 is 1.15 bits per heavy atom. The Hall–Kier alpha value is -3.09. The molecule has 0 radical (unpaired) electrons. The fourth-order valence-corrected chi connectivity index (χ4v) is 3.16. The average molecular weight is 370 g/mol. The van der Waals surface area contributed by atoms with Gasteiger partial charge in [0.25, 0.3) is 5.43 Å². The standard InChI is InChI=1S/C20H22N2O5/c1-4-8-22(9-5-2)12-6-7-14-16(10-12)27-19-17(21-14)13(20(25)26-3)11-15(23)18(19)24/h6-7,10-11,21H,4-5,8-9H2,1-3H3. The Bertz CT molecular complexity index is 1160. The summed E-state index contributed by atoms with van der Waals surface area (Å²) >= 11 is 0. The predicted molar refractivity (Wildman–Crippen MR) is 103 cm³/mol. The van der Waals surface area contributed by atoms with Crippen molar-refractivity contribution in [2.24, 2.45) is 0 Å². The molecule has 0 saturated heterocycles. The Kier molecular flexibility index (Phi) is 5.30. The summed E-state index contributed by atoms with van der Waals surface area (Å²) in [7, 11) is 1.21. The first-order valence-corrected chi connectivity index (χ1v) is 8.97. The van der Waals surface area contributed by atoms with E-state index in [1.54, 1.807) is 0 Å². The maximum Gasteiger partial charge on any atom is 0.340 e. The zero-order chi connectivity index (χ0) is 19.6. The fraction of sp³-hybridized carbons (Fsp3) is 0.350. The smallest absolute Gasteiger partial charge is 0.340 e. The van der Waals surface area contributed by atoms with Crippen LogP contribution in [0.3, 0.4) is 0 Å². The number of nitrogens with zero attached hydrogens (tertiary/aromatic N) is 1. The highest BCUT2D eigenvalue weighted by Gasteiger charge is 2.16. The molecule has 0 spiro atoms. The summed E-state index contributed by atoms with van der Waals surface area (Å²) in [5.41, 5.74) is 0.226. The lowest BCUT2D eigenvalue weighted by atomic mass is 10.2. The lowest BCUT2D eigenvalue weighted by molar-refractivity contribution is 0.0598. The van der Waals surface area contributed by atoms with Crippen molar-refractivity contribution in [3.8, 4) is 0 Å². The molecule has 0 amide bonds. The number of carbonyl (C=O) groups is 1. The van der Waals surface area contributed by atoms with Crippen molar-refractivity contribution >= 4 is 22.8 Å². The molecule has 1 aromatic carbocycles. The molecule has 1 aliphatic carbocycles.